The Labute approximate surface area is 462 Å². The molecule has 0 saturated heterocycles. The fraction of sp³-hybridized carbons (Fsp3) is 0.652. The third-order valence-corrected chi connectivity index (χ3v) is 13.5. The quantitative estimate of drug-likeness (QED) is 0.0272. The zero-order valence-corrected chi connectivity index (χ0v) is 49.6. The van der Waals surface area contributed by atoms with Crippen LogP contribution in [0.2, 0.25) is 0 Å². The van der Waals surface area contributed by atoms with Crippen molar-refractivity contribution in [3.63, 3.8) is 0 Å². The Morgan fingerprint density at radius 3 is 1.24 bits per heavy atom. The van der Waals surface area contributed by atoms with Crippen LogP contribution in [-0.2, 0) is 18.4 Å². The zero-order valence-electron chi connectivity index (χ0n) is 48.7. The van der Waals surface area contributed by atoms with Crippen LogP contribution in [0.5, 0.6) is 0 Å². The number of carbonyl (C=O) groups is 1. The van der Waals surface area contributed by atoms with Crippen molar-refractivity contribution < 1.29 is 32.9 Å². The Bertz CT molecular complexity index is 1680. The van der Waals surface area contributed by atoms with Gasteiger partial charge in [-0.05, 0) is 109 Å². The molecule has 0 aliphatic rings. The lowest BCUT2D eigenvalue weighted by Gasteiger charge is -2.29. The molecule has 3 unspecified atom stereocenters. The van der Waals surface area contributed by atoms with Crippen LogP contribution in [0.1, 0.15) is 226 Å². The van der Waals surface area contributed by atoms with Gasteiger partial charge in [0.1, 0.15) is 13.2 Å². The monoisotopic (exact) mass is 1060 g/mol. The number of nitrogens with zero attached hydrogens (tertiary/aromatic N) is 1. The number of carbonyl (C=O) groups excluding carboxylic acids is 1. The van der Waals surface area contributed by atoms with Gasteiger partial charge in [-0.3, -0.25) is 9.36 Å². The van der Waals surface area contributed by atoms with Gasteiger partial charge >= 0.3 is 0 Å². The second kappa shape index (κ2) is 55.4. The van der Waals surface area contributed by atoms with Gasteiger partial charge in [-0.2, -0.15) is 0 Å². The first-order valence-corrected chi connectivity index (χ1v) is 31.5. The molecule has 428 valence electrons. The summed E-state index contributed by atoms with van der Waals surface area (Å²) in [7, 11) is 1.20. The summed E-state index contributed by atoms with van der Waals surface area (Å²) < 4.78 is 23.3. The van der Waals surface area contributed by atoms with E-state index in [4.69, 9.17) is 9.05 Å². The number of quaternary nitrogens is 1. The van der Waals surface area contributed by atoms with E-state index in [0.717, 1.165) is 122 Å². The second-order valence-electron chi connectivity index (χ2n) is 20.9. The van der Waals surface area contributed by atoms with Gasteiger partial charge < -0.3 is 28.8 Å². The normalized spacial score (nSPS) is 14.8. The lowest BCUT2D eigenvalue weighted by molar-refractivity contribution is -0.870. The minimum atomic E-state index is -4.63. The predicted molar refractivity (Wildman–Crippen MR) is 325 cm³/mol. The van der Waals surface area contributed by atoms with E-state index in [1.807, 2.05) is 27.2 Å². The van der Waals surface area contributed by atoms with Crippen molar-refractivity contribution in [2.24, 2.45) is 0 Å². The van der Waals surface area contributed by atoms with Crippen molar-refractivity contribution >= 4 is 13.7 Å². The van der Waals surface area contributed by atoms with Crippen LogP contribution in [0.4, 0.5) is 0 Å². The van der Waals surface area contributed by atoms with Gasteiger partial charge in [0.25, 0.3) is 7.82 Å². The average Bonchev–Trinajstić information content (AvgIpc) is 3.37. The number of hydrogen-bond acceptors (Lipinski definition) is 6. The minimum absolute atomic E-state index is 0.0197. The first-order valence-electron chi connectivity index (χ1n) is 30.0. The van der Waals surface area contributed by atoms with E-state index in [0.29, 0.717) is 17.4 Å². The van der Waals surface area contributed by atoms with Crippen LogP contribution >= 0.6 is 7.82 Å². The minimum Gasteiger partial charge on any atom is -0.756 e. The van der Waals surface area contributed by atoms with Crippen molar-refractivity contribution in [2.75, 3.05) is 40.9 Å². The molecule has 0 aliphatic heterocycles. The van der Waals surface area contributed by atoms with E-state index in [1.54, 1.807) is 6.08 Å². The molecule has 0 aromatic heterocycles. The standard InChI is InChI=1S/C66H113N2O6P/c1-6-8-10-12-14-16-18-20-22-24-26-28-30-31-32-33-34-35-36-37-38-40-42-44-46-48-50-52-54-56-58-60-66(70)67-64(63-74-75(71,72)73-62-61-68(3,4)5)65(69)59-57-55-53-51-49-47-45-43-41-39-29-27-25-23-21-19-17-15-13-11-9-7-2/h8,10,14,16,20,22,26,28,31-32,34-35,37-38,41-44,49,51,57,59,64-65,69H,6-7,9,11-13,15,17-19,21,23-25,27,29-30,33,36,39-40,45-48,50,52-56,58,60-63H2,1-5H3,(H-,67,70,71,72)/b10-8-,16-14-,22-20-,28-26-,32-31-,35-34-,38-37-,43-41+,44-42-,51-49+,59-57+. The molecule has 0 saturated carbocycles. The summed E-state index contributed by atoms with van der Waals surface area (Å²) in [5, 5.41) is 13.9. The van der Waals surface area contributed by atoms with E-state index in [2.05, 4.69) is 141 Å². The van der Waals surface area contributed by atoms with Crippen molar-refractivity contribution in [1.29, 1.82) is 0 Å². The maximum Gasteiger partial charge on any atom is 0.268 e. The molecule has 9 heteroatoms. The van der Waals surface area contributed by atoms with Gasteiger partial charge in [0.2, 0.25) is 5.91 Å². The summed E-state index contributed by atoms with van der Waals surface area (Å²) in [6.07, 6.45) is 83.9. The Morgan fingerprint density at radius 2 is 0.827 bits per heavy atom. The summed E-state index contributed by atoms with van der Waals surface area (Å²) in [6, 6.07) is -0.929. The van der Waals surface area contributed by atoms with E-state index in [-0.39, 0.29) is 12.5 Å². The average molecular weight is 1060 g/mol. The number of unbranched alkanes of at least 4 members (excludes halogenated alkanes) is 20. The fourth-order valence-corrected chi connectivity index (χ4v) is 8.63. The summed E-state index contributed by atoms with van der Waals surface area (Å²) in [5.74, 6) is -0.231. The molecule has 3 atom stereocenters. The molecule has 0 heterocycles. The molecule has 1 amide bonds. The number of hydrogen-bond donors (Lipinski definition) is 2. The highest BCUT2D eigenvalue weighted by Crippen LogP contribution is 2.38. The molecule has 0 aromatic rings. The highest BCUT2D eigenvalue weighted by atomic mass is 31.2. The number of rotatable bonds is 53. The van der Waals surface area contributed by atoms with Crippen molar-refractivity contribution in [2.45, 2.75) is 238 Å². The number of nitrogens with one attached hydrogen (secondary N) is 1. The van der Waals surface area contributed by atoms with Gasteiger partial charge in [-0.1, -0.05) is 244 Å². The van der Waals surface area contributed by atoms with E-state index >= 15 is 0 Å². The largest absolute Gasteiger partial charge is 0.756 e. The van der Waals surface area contributed by atoms with Gasteiger partial charge in [0.05, 0.1) is 39.9 Å². The molecule has 0 radical (unpaired) electrons. The fourth-order valence-electron chi connectivity index (χ4n) is 7.91. The van der Waals surface area contributed by atoms with Crippen LogP contribution in [0.3, 0.4) is 0 Å². The Hall–Kier alpha value is -3.36. The smallest absolute Gasteiger partial charge is 0.268 e. The van der Waals surface area contributed by atoms with E-state index < -0.39 is 26.6 Å². The summed E-state index contributed by atoms with van der Waals surface area (Å²) in [6.45, 7) is 4.49. The molecule has 0 rings (SSSR count). The van der Waals surface area contributed by atoms with Crippen molar-refractivity contribution in [1.82, 2.24) is 5.32 Å². The molecule has 8 nitrogen and oxygen atoms in total. The Kier molecular flexibility index (Phi) is 52.9. The molecule has 0 bridgehead atoms. The molecule has 75 heavy (non-hydrogen) atoms. The number of aliphatic hydroxyl groups is 1. The third kappa shape index (κ3) is 58.2. The predicted octanol–water partition coefficient (Wildman–Crippen LogP) is 18.1. The number of phosphoric acid groups is 1. The van der Waals surface area contributed by atoms with Crippen LogP contribution < -0.4 is 10.2 Å². The summed E-state index contributed by atoms with van der Waals surface area (Å²) in [4.78, 5) is 25.5. The SMILES string of the molecule is CC/C=C\C/C=C\C/C=C\C/C=C\C/C=C\C/C=C\C/C=C\C/C=C\CCCCCCCCC(=O)NC(COP(=O)([O-])OCC[N+](C)(C)C)C(O)/C=C/CC/C=C/CC/C=C/CCCCCCCCCCCCCC. The van der Waals surface area contributed by atoms with Gasteiger partial charge in [0, 0.05) is 6.42 Å². The number of likely N-dealkylation sites (N-methyl/N-ethyl adjacent to an activating group) is 1. The first kappa shape index (κ1) is 71.6. The molecular formula is C66H113N2O6P. The molecule has 0 fully saturated rings. The zero-order chi connectivity index (χ0) is 54.9. The van der Waals surface area contributed by atoms with Crippen molar-refractivity contribution in [3.05, 3.63) is 134 Å². The van der Waals surface area contributed by atoms with Crippen LogP contribution in [0.25, 0.3) is 0 Å². The molecule has 0 aromatic carbocycles. The molecular weight excluding hydrogens is 948 g/mol. The van der Waals surface area contributed by atoms with Gasteiger partial charge in [-0.15, -0.1) is 0 Å². The summed E-state index contributed by atoms with van der Waals surface area (Å²) >= 11 is 0. The third-order valence-electron chi connectivity index (χ3n) is 12.6. The van der Waals surface area contributed by atoms with Crippen LogP contribution in [0.15, 0.2) is 134 Å². The van der Waals surface area contributed by atoms with Gasteiger partial charge in [-0.25, -0.2) is 0 Å². The molecule has 2 N–H and O–H groups in total. The number of phosphoric ester groups is 1. The van der Waals surface area contributed by atoms with Crippen molar-refractivity contribution in [3.8, 4) is 0 Å². The highest BCUT2D eigenvalue weighted by Gasteiger charge is 2.23. The lowest BCUT2D eigenvalue weighted by atomic mass is 10.0. The number of amides is 1. The van der Waals surface area contributed by atoms with Crippen LogP contribution in [-0.4, -0.2) is 68.5 Å². The second-order valence-corrected chi connectivity index (χ2v) is 22.4. The Morgan fingerprint density at radius 1 is 0.480 bits per heavy atom. The van der Waals surface area contributed by atoms with Crippen LogP contribution in [0, 0.1) is 0 Å². The molecule has 0 spiro atoms. The molecule has 0 aliphatic carbocycles. The maximum absolute atomic E-state index is 13.0. The maximum atomic E-state index is 13.0. The Balaban J connectivity index is 4.34. The van der Waals surface area contributed by atoms with E-state index in [1.165, 1.54) is 83.5 Å². The highest BCUT2D eigenvalue weighted by molar-refractivity contribution is 7.45. The topological polar surface area (TPSA) is 108 Å². The number of aliphatic hydroxyl groups excluding tert-OH is 1. The summed E-state index contributed by atoms with van der Waals surface area (Å²) in [5.41, 5.74) is 0. The first-order chi connectivity index (χ1) is 36.5. The van der Waals surface area contributed by atoms with Gasteiger partial charge in [0.15, 0.2) is 0 Å². The lowest BCUT2D eigenvalue weighted by Crippen LogP contribution is -2.45. The number of allylic oxidation sites excluding steroid dienone is 21. The van der Waals surface area contributed by atoms with E-state index in [9.17, 15) is 19.4 Å².